The number of pyridine rings is 1. The third kappa shape index (κ3) is 4.59. The highest BCUT2D eigenvalue weighted by molar-refractivity contribution is 6.10. The highest BCUT2D eigenvalue weighted by Crippen LogP contribution is 2.27. The number of ether oxygens (including phenoxy) is 1. The van der Waals surface area contributed by atoms with Crippen molar-refractivity contribution in [3.8, 4) is 0 Å². The lowest BCUT2D eigenvalue weighted by Gasteiger charge is -2.30. The van der Waals surface area contributed by atoms with E-state index in [2.05, 4.69) is 20.5 Å². The number of carbonyl (C=O) groups is 2. The molecule has 0 aliphatic carbocycles. The van der Waals surface area contributed by atoms with Gasteiger partial charge in [-0.2, -0.15) is 0 Å². The number of benzene rings is 2. The molecular weight excluding hydrogens is 396 g/mol. The number of anilines is 3. The number of nitrogens with zero attached hydrogens (tertiary/aromatic N) is 1. The van der Waals surface area contributed by atoms with E-state index in [9.17, 15) is 14.4 Å². The van der Waals surface area contributed by atoms with Crippen molar-refractivity contribution in [1.29, 1.82) is 0 Å². The number of H-pyrrole nitrogens is 1. The Bertz CT molecular complexity index is 1210. The van der Waals surface area contributed by atoms with Gasteiger partial charge in [-0.25, -0.2) is 0 Å². The van der Waals surface area contributed by atoms with Crippen LogP contribution >= 0.6 is 0 Å². The second kappa shape index (κ2) is 8.61. The van der Waals surface area contributed by atoms with Crippen molar-refractivity contribution in [3.63, 3.8) is 0 Å². The third-order valence-electron chi connectivity index (χ3n) is 5.22. The molecule has 2 amide bonds. The molecule has 160 valence electrons. The quantitative estimate of drug-likeness (QED) is 0.602. The summed E-state index contributed by atoms with van der Waals surface area (Å²) in [5.74, 6) is -0.486. The summed E-state index contributed by atoms with van der Waals surface area (Å²) in [7, 11) is 0. The molecule has 8 nitrogen and oxygen atoms in total. The number of carbonyl (C=O) groups excluding carboxylic acids is 2. The lowest BCUT2D eigenvalue weighted by atomic mass is 10.1. The Hall–Kier alpha value is -3.65. The van der Waals surface area contributed by atoms with Gasteiger partial charge in [0.1, 0.15) is 0 Å². The molecule has 1 aromatic heterocycles. The Labute approximate surface area is 179 Å². The molecule has 8 heteroatoms. The summed E-state index contributed by atoms with van der Waals surface area (Å²) in [6.45, 7) is 5.84. The fourth-order valence-corrected chi connectivity index (χ4v) is 3.78. The number of rotatable bonds is 4. The van der Waals surface area contributed by atoms with Gasteiger partial charge in [-0.15, -0.1) is 0 Å². The van der Waals surface area contributed by atoms with Crippen molar-refractivity contribution < 1.29 is 14.3 Å². The van der Waals surface area contributed by atoms with Gasteiger partial charge >= 0.3 is 0 Å². The van der Waals surface area contributed by atoms with Crippen molar-refractivity contribution in [2.75, 3.05) is 41.8 Å². The second-order valence-corrected chi connectivity index (χ2v) is 7.54. The van der Waals surface area contributed by atoms with Crippen molar-refractivity contribution in [3.05, 3.63) is 63.9 Å². The number of hydrogen-bond acceptors (Lipinski definition) is 5. The van der Waals surface area contributed by atoms with Crippen LogP contribution in [-0.2, 0) is 9.53 Å². The maximum atomic E-state index is 13.3. The summed E-state index contributed by atoms with van der Waals surface area (Å²) in [4.78, 5) is 41.3. The van der Waals surface area contributed by atoms with Gasteiger partial charge in [0, 0.05) is 54.0 Å². The van der Waals surface area contributed by atoms with Crippen LogP contribution in [0.2, 0.25) is 0 Å². The van der Waals surface area contributed by atoms with Crippen LogP contribution in [0, 0.1) is 6.92 Å². The van der Waals surface area contributed by atoms with E-state index in [0.717, 1.165) is 16.6 Å². The van der Waals surface area contributed by atoms with Crippen molar-refractivity contribution in [2.45, 2.75) is 13.8 Å². The molecule has 0 atom stereocenters. The van der Waals surface area contributed by atoms with Crippen LogP contribution in [0.5, 0.6) is 0 Å². The van der Waals surface area contributed by atoms with Crippen molar-refractivity contribution in [2.24, 2.45) is 0 Å². The van der Waals surface area contributed by atoms with Crippen molar-refractivity contribution >= 4 is 39.8 Å². The number of nitrogens with one attached hydrogen (secondary N) is 3. The number of aromatic nitrogens is 1. The van der Waals surface area contributed by atoms with E-state index < -0.39 is 0 Å². The van der Waals surface area contributed by atoms with Crippen LogP contribution in [0.15, 0.2) is 47.3 Å². The molecule has 1 aliphatic heterocycles. The number of morpholine rings is 1. The smallest absolute Gasteiger partial charge is 0.257 e. The van der Waals surface area contributed by atoms with Crippen LogP contribution < -0.4 is 21.1 Å². The minimum Gasteiger partial charge on any atom is -0.378 e. The molecule has 0 unspecified atom stereocenters. The Morgan fingerprint density at radius 1 is 1.00 bits per heavy atom. The maximum absolute atomic E-state index is 13.3. The van der Waals surface area contributed by atoms with E-state index >= 15 is 0 Å². The fraction of sp³-hybridized carbons (Fsp3) is 0.261. The molecule has 2 aromatic carbocycles. The first kappa shape index (κ1) is 20.6. The van der Waals surface area contributed by atoms with Crippen LogP contribution in [0.4, 0.5) is 17.1 Å². The Balaban J connectivity index is 1.68. The molecule has 31 heavy (non-hydrogen) atoms. The van der Waals surface area contributed by atoms with E-state index in [0.29, 0.717) is 48.8 Å². The summed E-state index contributed by atoms with van der Waals surface area (Å²) < 4.78 is 5.43. The van der Waals surface area contributed by atoms with Gasteiger partial charge in [-0.05, 0) is 48.9 Å². The minimum atomic E-state index is -0.282. The summed E-state index contributed by atoms with van der Waals surface area (Å²) in [5, 5.41) is 6.54. The molecule has 1 fully saturated rings. The number of fused-ring (bicyclic) bond motifs is 1. The lowest BCUT2D eigenvalue weighted by molar-refractivity contribution is -0.114. The molecule has 1 saturated heterocycles. The Morgan fingerprint density at radius 3 is 2.45 bits per heavy atom. The molecule has 1 aliphatic rings. The largest absolute Gasteiger partial charge is 0.378 e. The number of amides is 2. The third-order valence-corrected chi connectivity index (χ3v) is 5.22. The van der Waals surface area contributed by atoms with E-state index in [4.69, 9.17) is 4.74 Å². The highest BCUT2D eigenvalue weighted by Gasteiger charge is 2.20. The minimum absolute atomic E-state index is 0.160. The average Bonchev–Trinajstić information content (AvgIpc) is 2.74. The first-order valence-electron chi connectivity index (χ1n) is 10.1. The predicted molar refractivity (Wildman–Crippen MR) is 121 cm³/mol. The van der Waals surface area contributed by atoms with Gasteiger partial charge in [-0.1, -0.05) is 0 Å². The number of aryl methyl sites for hydroxylation is 1. The summed E-state index contributed by atoms with van der Waals surface area (Å²) in [6, 6.07) is 12.2. The molecule has 3 aromatic rings. The van der Waals surface area contributed by atoms with Gasteiger partial charge in [0.05, 0.1) is 18.8 Å². The van der Waals surface area contributed by atoms with Crippen molar-refractivity contribution in [1.82, 2.24) is 4.98 Å². The van der Waals surface area contributed by atoms with Crippen LogP contribution in [0.25, 0.3) is 10.9 Å². The van der Waals surface area contributed by atoms with E-state index in [1.807, 2.05) is 19.1 Å². The highest BCUT2D eigenvalue weighted by atomic mass is 16.5. The van der Waals surface area contributed by atoms with Gasteiger partial charge in [0.2, 0.25) is 11.5 Å². The lowest BCUT2D eigenvalue weighted by Crippen LogP contribution is -2.37. The molecule has 0 bridgehead atoms. The monoisotopic (exact) mass is 420 g/mol. The fourth-order valence-electron chi connectivity index (χ4n) is 3.78. The normalized spacial score (nSPS) is 13.8. The standard InChI is InChI=1S/C23H24N4O4/c1-14-11-22(29)26-20-5-3-17(12-18(14)20)25-23(30)19-13-16(24-15(2)28)4-6-21(19)27-7-9-31-10-8-27/h3-6,11-13H,7-10H2,1-2H3,(H,24,28)(H,25,30)(H,26,29). The van der Waals surface area contributed by atoms with E-state index in [-0.39, 0.29) is 17.4 Å². The molecule has 0 saturated carbocycles. The summed E-state index contributed by atoms with van der Waals surface area (Å²) in [5.41, 5.74) is 3.81. The molecule has 0 spiro atoms. The Morgan fingerprint density at radius 2 is 1.71 bits per heavy atom. The van der Waals surface area contributed by atoms with Crippen LogP contribution in [-0.4, -0.2) is 43.1 Å². The molecule has 3 N–H and O–H groups in total. The number of aromatic amines is 1. The first-order valence-corrected chi connectivity index (χ1v) is 10.1. The van der Waals surface area contributed by atoms with Gasteiger partial charge < -0.3 is 25.3 Å². The van der Waals surface area contributed by atoms with Crippen LogP contribution in [0.3, 0.4) is 0 Å². The van der Waals surface area contributed by atoms with E-state index in [1.54, 1.807) is 24.3 Å². The maximum Gasteiger partial charge on any atom is 0.257 e. The second-order valence-electron chi connectivity index (χ2n) is 7.54. The van der Waals surface area contributed by atoms with Gasteiger partial charge in [0.25, 0.3) is 5.91 Å². The topological polar surface area (TPSA) is 104 Å². The van der Waals surface area contributed by atoms with E-state index in [1.165, 1.54) is 13.0 Å². The zero-order valence-electron chi connectivity index (χ0n) is 17.5. The molecule has 4 rings (SSSR count). The van der Waals surface area contributed by atoms with Gasteiger partial charge in [0.15, 0.2) is 0 Å². The molecule has 0 radical (unpaired) electrons. The zero-order chi connectivity index (χ0) is 22.0. The number of hydrogen-bond donors (Lipinski definition) is 3. The van der Waals surface area contributed by atoms with Gasteiger partial charge in [-0.3, -0.25) is 14.4 Å². The first-order chi connectivity index (χ1) is 14.9. The zero-order valence-corrected chi connectivity index (χ0v) is 17.5. The van der Waals surface area contributed by atoms with Crippen LogP contribution in [0.1, 0.15) is 22.8 Å². The summed E-state index contributed by atoms with van der Waals surface area (Å²) in [6.07, 6.45) is 0. The average molecular weight is 420 g/mol. The molecule has 2 heterocycles. The SMILES string of the molecule is CC(=O)Nc1ccc(N2CCOCC2)c(C(=O)Nc2ccc3[nH]c(=O)cc(C)c3c2)c1. The Kier molecular flexibility index (Phi) is 5.73. The predicted octanol–water partition coefficient (Wildman–Crippen LogP) is 2.88. The molecular formula is C23H24N4O4. The summed E-state index contributed by atoms with van der Waals surface area (Å²) >= 11 is 0.